The molecule has 0 aromatic carbocycles. The van der Waals surface area contributed by atoms with Crippen molar-refractivity contribution in [3.8, 4) is 0 Å². The van der Waals surface area contributed by atoms with Gasteiger partial charge in [-0.25, -0.2) is 4.98 Å². The third-order valence-electron chi connectivity index (χ3n) is 3.50. The Morgan fingerprint density at radius 3 is 2.76 bits per heavy atom. The number of nitrogens with one attached hydrogen (secondary N) is 1. The van der Waals surface area contributed by atoms with Gasteiger partial charge in [0, 0.05) is 12.7 Å². The van der Waals surface area contributed by atoms with E-state index in [0.29, 0.717) is 6.54 Å². The van der Waals surface area contributed by atoms with Crippen LogP contribution in [0.15, 0.2) is 18.3 Å². The summed E-state index contributed by atoms with van der Waals surface area (Å²) in [6, 6.07) is 3.93. The molecule has 1 fully saturated rings. The average Bonchev–Trinajstić information content (AvgIpc) is 2.23. The number of hydrogen-bond donors (Lipinski definition) is 2. The van der Waals surface area contributed by atoms with Crippen molar-refractivity contribution >= 4 is 11.8 Å². The maximum Gasteiger partial charge on any atom is 0.303 e. The molecule has 0 radical (unpaired) electrons. The largest absolute Gasteiger partial charge is 0.481 e. The van der Waals surface area contributed by atoms with Crippen molar-refractivity contribution in [2.75, 3.05) is 11.9 Å². The van der Waals surface area contributed by atoms with Gasteiger partial charge in [-0.15, -0.1) is 0 Å². The van der Waals surface area contributed by atoms with Crippen LogP contribution in [0.3, 0.4) is 0 Å². The second-order valence-corrected chi connectivity index (χ2v) is 5.00. The van der Waals surface area contributed by atoms with Crippen molar-refractivity contribution in [2.45, 2.75) is 32.6 Å². The molecule has 0 aliphatic heterocycles. The van der Waals surface area contributed by atoms with Crippen LogP contribution in [0, 0.1) is 12.3 Å². The van der Waals surface area contributed by atoms with Gasteiger partial charge in [0.05, 0.1) is 6.42 Å². The van der Waals surface area contributed by atoms with Crippen LogP contribution in [0.5, 0.6) is 0 Å². The van der Waals surface area contributed by atoms with Gasteiger partial charge in [-0.3, -0.25) is 4.79 Å². The van der Waals surface area contributed by atoms with Crippen LogP contribution in [-0.4, -0.2) is 22.6 Å². The zero-order chi connectivity index (χ0) is 12.3. The molecule has 0 bridgehead atoms. The lowest BCUT2D eigenvalue weighted by Gasteiger charge is -2.41. The van der Waals surface area contributed by atoms with Crippen molar-refractivity contribution in [3.63, 3.8) is 0 Å². The fourth-order valence-corrected chi connectivity index (χ4v) is 2.26. The fourth-order valence-electron chi connectivity index (χ4n) is 2.26. The summed E-state index contributed by atoms with van der Waals surface area (Å²) in [6.45, 7) is 2.70. The van der Waals surface area contributed by atoms with E-state index in [0.717, 1.165) is 30.6 Å². The third kappa shape index (κ3) is 2.96. The van der Waals surface area contributed by atoms with E-state index in [1.165, 1.54) is 0 Å². The van der Waals surface area contributed by atoms with E-state index in [1.54, 1.807) is 0 Å². The Hall–Kier alpha value is -1.58. The molecule has 4 heteroatoms. The molecule has 0 amide bonds. The van der Waals surface area contributed by atoms with Gasteiger partial charge in [-0.05, 0) is 36.8 Å². The van der Waals surface area contributed by atoms with Crippen molar-refractivity contribution < 1.29 is 9.90 Å². The highest BCUT2D eigenvalue weighted by Gasteiger charge is 2.38. The van der Waals surface area contributed by atoms with Gasteiger partial charge in [-0.1, -0.05) is 12.5 Å². The normalized spacial score (nSPS) is 17.2. The number of aromatic nitrogens is 1. The van der Waals surface area contributed by atoms with Crippen molar-refractivity contribution in [1.29, 1.82) is 0 Å². The highest BCUT2D eigenvalue weighted by Crippen LogP contribution is 2.43. The summed E-state index contributed by atoms with van der Waals surface area (Å²) in [5, 5.41) is 12.1. The number of carboxylic acid groups (broad SMARTS) is 1. The van der Waals surface area contributed by atoms with E-state index in [1.807, 2.05) is 25.3 Å². The number of pyridine rings is 1. The van der Waals surface area contributed by atoms with E-state index < -0.39 is 5.97 Å². The van der Waals surface area contributed by atoms with E-state index >= 15 is 0 Å². The number of anilines is 1. The van der Waals surface area contributed by atoms with Crippen LogP contribution in [0.2, 0.25) is 0 Å². The molecule has 17 heavy (non-hydrogen) atoms. The highest BCUT2D eigenvalue weighted by atomic mass is 16.4. The molecule has 2 rings (SSSR count). The minimum atomic E-state index is -0.705. The lowest BCUT2D eigenvalue weighted by atomic mass is 9.66. The molecule has 0 unspecified atom stereocenters. The summed E-state index contributed by atoms with van der Waals surface area (Å²) >= 11 is 0. The molecule has 2 N–H and O–H groups in total. The van der Waals surface area contributed by atoms with Crippen LogP contribution in [0.4, 0.5) is 5.82 Å². The number of carboxylic acids is 1. The quantitative estimate of drug-likeness (QED) is 0.821. The topological polar surface area (TPSA) is 62.2 Å². The average molecular weight is 234 g/mol. The summed E-state index contributed by atoms with van der Waals surface area (Å²) in [5.74, 6) is 0.121. The van der Waals surface area contributed by atoms with Gasteiger partial charge in [0.1, 0.15) is 5.82 Å². The Morgan fingerprint density at radius 1 is 1.53 bits per heavy atom. The van der Waals surface area contributed by atoms with Crippen LogP contribution in [0.25, 0.3) is 0 Å². The Labute approximate surface area is 101 Å². The van der Waals surface area contributed by atoms with Gasteiger partial charge in [-0.2, -0.15) is 0 Å². The van der Waals surface area contributed by atoms with Crippen LogP contribution in [-0.2, 0) is 4.79 Å². The number of carbonyl (C=O) groups is 1. The molecule has 1 aromatic rings. The number of aryl methyl sites for hydroxylation is 1. The number of hydrogen-bond acceptors (Lipinski definition) is 3. The Bertz CT molecular complexity index is 396. The van der Waals surface area contributed by atoms with Crippen molar-refractivity contribution in [2.24, 2.45) is 5.41 Å². The summed E-state index contributed by atoms with van der Waals surface area (Å²) in [7, 11) is 0. The number of rotatable bonds is 5. The van der Waals surface area contributed by atoms with Gasteiger partial charge >= 0.3 is 5.97 Å². The predicted octanol–water partition coefficient (Wildman–Crippen LogP) is 2.45. The minimum absolute atomic E-state index is 0.0571. The molecule has 0 atom stereocenters. The zero-order valence-electron chi connectivity index (χ0n) is 10.1. The maximum atomic E-state index is 10.8. The number of aliphatic carboxylic acids is 1. The SMILES string of the molecule is Cc1ccc(NCC2(CC(=O)O)CCC2)nc1. The van der Waals surface area contributed by atoms with E-state index in [-0.39, 0.29) is 11.8 Å². The van der Waals surface area contributed by atoms with Gasteiger partial charge in [0.25, 0.3) is 0 Å². The van der Waals surface area contributed by atoms with Crippen LogP contribution in [0.1, 0.15) is 31.2 Å². The Kier molecular flexibility index (Phi) is 3.31. The lowest BCUT2D eigenvalue weighted by molar-refractivity contribution is -0.141. The maximum absolute atomic E-state index is 10.8. The molecule has 1 heterocycles. The van der Waals surface area contributed by atoms with Crippen molar-refractivity contribution in [1.82, 2.24) is 4.98 Å². The second kappa shape index (κ2) is 4.73. The molecular weight excluding hydrogens is 216 g/mol. The molecule has 4 nitrogen and oxygen atoms in total. The molecular formula is C13H18N2O2. The lowest BCUT2D eigenvalue weighted by Crippen LogP contribution is -2.38. The molecule has 0 spiro atoms. The third-order valence-corrected chi connectivity index (χ3v) is 3.50. The molecule has 1 saturated carbocycles. The summed E-state index contributed by atoms with van der Waals surface area (Å²) in [5.41, 5.74) is 1.07. The first-order chi connectivity index (χ1) is 8.10. The van der Waals surface area contributed by atoms with E-state index in [4.69, 9.17) is 5.11 Å². The molecule has 1 aromatic heterocycles. The smallest absolute Gasteiger partial charge is 0.303 e. The van der Waals surface area contributed by atoms with Gasteiger partial charge < -0.3 is 10.4 Å². The van der Waals surface area contributed by atoms with Gasteiger partial charge in [0.2, 0.25) is 0 Å². The molecule has 1 aliphatic rings. The first kappa shape index (κ1) is 11.9. The summed E-state index contributed by atoms with van der Waals surface area (Å²) in [4.78, 5) is 15.1. The van der Waals surface area contributed by atoms with Crippen LogP contribution < -0.4 is 5.32 Å². The summed E-state index contributed by atoms with van der Waals surface area (Å²) < 4.78 is 0. The van der Waals surface area contributed by atoms with Crippen LogP contribution >= 0.6 is 0 Å². The molecule has 0 saturated heterocycles. The molecule has 1 aliphatic carbocycles. The van der Waals surface area contributed by atoms with E-state index in [2.05, 4.69) is 10.3 Å². The zero-order valence-corrected chi connectivity index (χ0v) is 10.1. The number of nitrogens with zero attached hydrogens (tertiary/aromatic N) is 1. The second-order valence-electron chi connectivity index (χ2n) is 5.00. The van der Waals surface area contributed by atoms with Gasteiger partial charge in [0.15, 0.2) is 0 Å². The Morgan fingerprint density at radius 2 is 2.29 bits per heavy atom. The fraction of sp³-hybridized carbons (Fsp3) is 0.538. The highest BCUT2D eigenvalue weighted by molar-refractivity contribution is 5.68. The monoisotopic (exact) mass is 234 g/mol. The van der Waals surface area contributed by atoms with E-state index in [9.17, 15) is 4.79 Å². The molecule has 92 valence electrons. The minimum Gasteiger partial charge on any atom is -0.481 e. The first-order valence-electron chi connectivity index (χ1n) is 5.98. The standard InChI is InChI=1S/C13H18N2O2/c1-10-3-4-11(14-8-10)15-9-13(5-2-6-13)7-12(16)17/h3-4,8H,2,5-7,9H2,1H3,(H,14,15)(H,16,17). The Balaban J connectivity index is 1.92. The van der Waals surface area contributed by atoms with Crippen molar-refractivity contribution in [3.05, 3.63) is 23.9 Å². The predicted molar refractivity (Wildman–Crippen MR) is 66.0 cm³/mol. The first-order valence-corrected chi connectivity index (χ1v) is 5.98. The summed E-state index contributed by atoms with van der Waals surface area (Å²) in [6.07, 6.45) is 5.20.